The monoisotopic (exact) mass is 533 g/mol. The highest BCUT2D eigenvalue weighted by Crippen LogP contribution is 2.29. The maximum Gasteiger partial charge on any atom is 0.256 e. The molecule has 0 unspecified atom stereocenters. The molecule has 9 nitrogen and oxygen atoms in total. The fourth-order valence-electron chi connectivity index (χ4n) is 4.57. The number of rotatable bonds is 6. The third-order valence-corrected chi connectivity index (χ3v) is 9.06. The number of hydrogen-bond donors (Lipinski definition) is 0. The number of benzene rings is 2. The van der Waals surface area contributed by atoms with Crippen molar-refractivity contribution in [1.29, 1.82) is 0 Å². The maximum absolute atomic E-state index is 13.7. The number of aryl methyl sites for hydroxylation is 1. The van der Waals surface area contributed by atoms with Crippen LogP contribution in [0.3, 0.4) is 0 Å². The third-order valence-electron chi connectivity index (χ3n) is 6.60. The summed E-state index contributed by atoms with van der Waals surface area (Å²) in [6, 6.07) is 9.74. The first-order valence-electron chi connectivity index (χ1n) is 11.7. The molecule has 0 atom stereocenters. The molecule has 0 bridgehead atoms. The van der Waals surface area contributed by atoms with E-state index in [-0.39, 0.29) is 15.7 Å². The van der Waals surface area contributed by atoms with Crippen molar-refractivity contribution in [3.63, 3.8) is 0 Å². The summed E-state index contributed by atoms with van der Waals surface area (Å²) in [5.74, 6) is -0.221. The minimum Gasteiger partial charge on any atom is -0.378 e. The molecule has 0 aliphatic carbocycles. The van der Waals surface area contributed by atoms with Gasteiger partial charge in [-0.15, -0.1) is 0 Å². The molecule has 2 aromatic rings. The molecule has 0 saturated carbocycles. The van der Waals surface area contributed by atoms with Gasteiger partial charge in [-0.25, -0.2) is 16.8 Å². The Morgan fingerprint density at radius 3 is 2.03 bits per heavy atom. The quantitative estimate of drug-likeness (QED) is 0.556. The SMILES string of the molecule is C=CS(=O)(=O)c1ccc(N2CCOCC2)c(C(=O)N2CCN(c3ccc(S(C)(=O)=O)cc3C)CC2)c1. The molecule has 2 saturated heterocycles. The van der Waals surface area contributed by atoms with Crippen molar-refractivity contribution in [2.24, 2.45) is 0 Å². The summed E-state index contributed by atoms with van der Waals surface area (Å²) in [6.45, 7) is 9.63. The number of carbonyl (C=O) groups is 1. The predicted molar refractivity (Wildman–Crippen MR) is 139 cm³/mol. The number of piperazine rings is 1. The maximum atomic E-state index is 13.7. The Labute approximate surface area is 212 Å². The van der Waals surface area contributed by atoms with E-state index in [1.807, 2.05) is 17.9 Å². The highest BCUT2D eigenvalue weighted by atomic mass is 32.2. The number of carbonyl (C=O) groups excluding carboxylic acids is 1. The third kappa shape index (κ3) is 5.42. The molecule has 2 aromatic carbocycles. The highest BCUT2D eigenvalue weighted by Gasteiger charge is 2.28. The second-order valence-corrected chi connectivity index (χ2v) is 12.9. The van der Waals surface area contributed by atoms with Gasteiger partial charge in [0.15, 0.2) is 19.7 Å². The predicted octanol–water partition coefficient (Wildman–Crippen LogP) is 2.11. The van der Waals surface area contributed by atoms with Crippen LogP contribution in [-0.4, -0.2) is 86.4 Å². The van der Waals surface area contributed by atoms with Crippen LogP contribution in [0.1, 0.15) is 15.9 Å². The molecule has 0 radical (unpaired) electrons. The van der Waals surface area contributed by atoms with Crippen LogP contribution < -0.4 is 9.80 Å². The van der Waals surface area contributed by atoms with Crippen molar-refractivity contribution in [2.45, 2.75) is 16.7 Å². The van der Waals surface area contributed by atoms with Gasteiger partial charge >= 0.3 is 0 Å². The minimum absolute atomic E-state index is 0.0399. The van der Waals surface area contributed by atoms with Gasteiger partial charge in [0.1, 0.15) is 0 Å². The number of morpholine rings is 1. The van der Waals surface area contributed by atoms with Crippen molar-refractivity contribution in [3.05, 3.63) is 59.5 Å². The van der Waals surface area contributed by atoms with Gasteiger partial charge in [0, 0.05) is 62.3 Å². The number of hydrogen-bond acceptors (Lipinski definition) is 8. The second-order valence-electron chi connectivity index (χ2n) is 8.99. The Morgan fingerprint density at radius 1 is 0.861 bits per heavy atom. The number of anilines is 2. The lowest BCUT2D eigenvalue weighted by Crippen LogP contribution is -2.49. The molecular formula is C25H31N3O6S2. The van der Waals surface area contributed by atoms with Crippen molar-refractivity contribution in [1.82, 2.24) is 4.90 Å². The van der Waals surface area contributed by atoms with E-state index < -0.39 is 19.7 Å². The first-order valence-corrected chi connectivity index (χ1v) is 15.1. The number of ether oxygens (including phenoxy) is 1. The standard InChI is InChI=1S/C25H31N3O6S2/c1-4-36(32,33)21-6-8-24(27-13-15-34-16-14-27)22(18-21)25(29)28-11-9-26(10-12-28)23-7-5-20(17-19(23)2)35(3,30)31/h4-8,17-18H,1,9-16H2,2-3H3. The van der Waals surface area contributed by atoms with E-state index in [1.54, 1.807) is 23.1 Å². The fraction of sp³-hybridized carbons (Fsp3) is 0.400. The molecule has 2 heterocycles. The van der Waals surface area contributed by atoms with Crippen LogP contribution in [0.4, 0.5) is 11.4 Å². The van der Waals surface area contributed by atoms with Crippen LogP contribution in [0.2, 0.25) is 0 Å². The fourth-order valence-corrected chi connectivity index (χ4v) is 6.01. The zero-order chi connectivity index (χ0) is 26.1. The molecule has 0 spiro atoms. The van der Waals surface area contributed by atoms with Gasteiger partial charge in [0.05, 0.1) is 28.6 Å². The molecule has 0 aromatic heterocycles. The summed E-state index contributed by atoms with van der Waals surface area (Å²) in [6.07, 6.45) is 1.19. The number of amides is 1. The normalized spacial score (nSPS) is 17.2. The average molecular weight is 534 g/mol. The molecular weight excluding hydrogens is 502 g/mol. The molecule has 4 rings (SSSR count). The van der Waals surface area contributed by atoms with Gasteiger partial charge in [-0.3, -0.25) is 4.79 Å². The summed E-state index contributed by atoms with van der Waals surface area (Å²) < 4.78 is 54.0. The van der Waals surface area contributed by atoms with E-state index in [1.165, 1.54) is 18.4 Å². The largest absolute Gasteiger partial charge is 0.378 e. The molecule has 2 aliphatic rings. The Bertz CT molecular complexity index is 1370. The van der Waals surface area contributed by atoms with E-state index >= 15 is 0 Å². The lowest BCUT2D eigenvalue weighted by Gasteiger charge is -2.38. The molecule has 194 valence electrons. The van der Waals surface area contributed by atoms with Gasteiger partial charge in [0.25, 0.3) is 5.91 Å². The number of nitrogens with zero attached hydrogens (tertiary/aromatic N) is 3. The van der Waals surface area contributed by atoms with Gasteiger partial charge < -0.3 is 19.4 Å². The second kappa shape index (κ2) is 10.2. The minimum atomic E-state index is -3.70. The summed E-state index contributed by atoms with van der Waals surface area (Å²) in [5, 5.41) is 0.890. The van der Waals surface area contributed by atoms with Crippen molar-refractivity contribution in [3.8, 4) is 0 Å². The Hall–Kier alpha value is -2.89. The summed E-state index contributed by atoms with van der Waals surface area (Å²) in [7, 11) is -6.98. The highest BCUT2D eigenvalue weighted by molar-refractivity contribution is 7.94. The topological polar surface area (TPSA) is 104 Å². The summed E-state index contributed by atoms with van der Waals surface area (Å²) in [5.41, 5.74) is 2.83. The van der Waals surface area contributed by atoms with Gasteiger partial charge in [0.2, 0.25) is 0 Å². The van der Waals surface area contributed by atoms with Crippen LogP contribution in [0, 0.1) is 6.92 Å². The van der Waals surface area contributed by atoms with Gasteiger partial charge in [-0.05, 0) is 48.9 Å². The van der Waals surface area contributed by atoms with Crippen molar-refractivity contribution < 1.29 is 26.4 Å². The van der Waals surface area contributed by atoms with Crippen LogP contribution in [-0.2, 0) is 24.4 Å². The first-order chi connectivity index (χ1) is 17.0. The van der Waals surface area contributed by atoms with Gasteiger partial charge in [-0.1, -0.05) is 6.58 Å². The van der Waals surface area contributed by atoms with Crippen molar-refractivity contribution >= 4 is 37.0 Å². The Morgan fingerprint density at radius 2 is 1.44 bits per heavy atom. The Balaban J connectivity index is 1.57. The Kier molecular flexibility index (Phi) is 7.44. The smallest absolute Gasteiger partial charge is 0.256 e. The molecule has 2 aliphatic heterocycles. The molecule has 11 heteroatoms. The van der Waals surface area contributed by atoms with E-state index in [2.05, 4.69) is 11.5 Å². The summed E-state index contributed by atoms with van der Waals surface area (Å²) in [4.78, 5) is 19.9. The zero-order valence-corrected chi connectivity index (χ0v) is 22.1. The van der Waals surface area contributed by atoms with E-state index in [9.17, 15) is 21.6 Å². The molecule has 2 fully saturated rings. The van der Waals surface area contributed by atoms with Crippen LogP contribution in [0.5, 0.6) is 0 Å². The number of sulfone groups is 2. The molecule has 36 heavy (non-hydrogen) atoms. The average Bonchev–Trinajstić information content (AvgIpc) is 2.88. The van der Waals surface area contributed by atoms with E-state index in [0.29, 0.717) is 63.7 Å². The van der Waals surface area contributed by atoms with E-state index in [0.717, 1.165) is 16.7 Å². The van der Waals surface area contributed by atoms with Crippen molar-refractivity contribution in [2.75, 3.05) is 68.5 Å². The van der Waals surface area contributed by atoms with E-state index in [4.69, 9.17) is 4.74 Å². The molecule has 1 amide bonds. The summed E-state index contributed by atoms with van der Waals surface area (Å²) >= 11 is 0. The zero-order valence-electron chi connectivity index (χ0n) is 20.5. The first kappa shape index (κ1) is 26.2. The molecule has 0 N–H and O–H groups in total. The van der Waals surface area contributed by atoms with Crippen LogP contribution in [0.25, 0.3) is 0 Å². The van der Waals surface area contributed by atoms with Crippen LogP contribution in [0.15, 0.2) is 58.2 Å². The lowest BCUT2D eigenvalue weighted by molar-refractivity contribution is 0.0746. The lowest BCUT2D eigenvalue weighted by atomic mass is 10.1. The van der Waals surface area contributed by atoms with Gasteiger partial charge in [-0.2, -0.15) is 0 Å². The van der Waals surface area contributed by atoms with Crippen LogP contribution >= 0.6 is 0 Å².